The minimum Gasteiger partial charge on any atom is -0.385 e. The molecule has 0 heterocycles. The molecule has 0 saturated heterocycles. The van der Waals surface area contributed by atoms with E-state index in [2.05, 4.69) is 19.9 Å². The van der Waals surface area contributed by atoms with Crippen LogP contribution in [-0.2, 0) is 5.60 Å². The van der Waals surface area contributed by atoms with E-state index in [-0.39, 0.29) is 0 Å². The van der Waals surface area contributed by atoms with Gasteiger partial charge in [-0.2, -0.15) is 5.26 Å². The Kier molecular flexibility index (Phi) is 4.72. The van der Waals surface area contributed by atoms with Gasteiger partial charge >= 0.3 is 0 Å². The third-order valence-corrected chi connectivity index (χ3v) is 3.48. The second kappa shape index (κ2) is 5.84. The van der Waals surface area contributed by atoms with E-state index in [1.54, 1.807) is 12.1 Å². The summed E-state index contributed by atoms with van der Waals surface area (Å²) in [7, 11) is 0. The lowest BCUT2D eigenvalue weighted by atomic mass is 9.83. The maximum Gasteiger partial charge on any atom is 0.0991 e. The molecule has 1 aromatic carbocycles. The van der Waals surface area contributed by atoms with Gasteiger partial charge in [0, 0.05) is 0 Å². The van der Waals surface area contributed by atoms with Crippen LogP contribution in [0.4, 0.5) is 0 Å². The number of nitrogens with zero attached hydrogens (tertiary/aromatic N) is 1. The topological polar surface area (TPSA) is 44.0 Å². The Hall–Kier alpha value is -1.33. The highest BCUT2D eigenvalue weighted by atomic mass is 16.3. The van der Waals surface area contributed by atoms with Gasteiger partial charge in [-0.1, -0.05) is 38.8 Å². The molecule has 0 spiro atoms. The summed E-state index contributed by atoms with van der Waals surface area (Å²) in [6.07, 6.45) is 2.94. The van der Waals surface area contributed by atoms with Gasteiger partial charge in [-0.15, -0.1) is 0 Å². The Morgan fingerprint density at radius 1 is 1.24 bits per heavy atom. The second-order valence-corrected chi connectivity index (χ2v) is 4.85. The molecule has 1 rings (SSSR count). The van der Waals surface area contributed by atoms with E-state index in [4.69, 9.17) is 5.26 Å². The predicted molar refractivity (Wildman–Crippen MR) is 69.4 cm³/mol. The first-order valence-corrected chi connectivity index (χ1v) is 6.26. The maximum atomic E-state index is 10.5. The smallest absolute Gasteiger partial charge is 0.0991 e. The van der Waals surface area contributed by atoms with Crippen molar-refractivity contribution in [2.24, 2.45) is 5.92 Å². The summed E-state index contributed by atoms with van der Waals surface area (Å²) in [6.45, 7) is 6.17. The van der Waals surface area contributed by atoms with Gasteiger partial charge in [-0.05, 0) is 37.0 Å². The molecule has 2 nitrogen and oxygen atoms in total. The van der Waals surface area contributed by atoms with Crippen LogP contribution in [0.1, 0.15) is 51.2 Å². The Morgan fingerprint density at radius 3 is 2.18 bits per heavy atom. The minimum atomic E-state index is -0.801. The normalized spacial score (nSPS) is 14.4. The Balaban J connectivity index is 2.84. The average molecular weight is 231 g/mol. The van der Waals surface area contributed by atoms with Gasteiger partial charge in [-0.25, -0.2) is 0 Å². The lowest BCUT2D eigenvalue weighted by Gasteiger charge is -2.28. The fraction of sp³-hybridized carbons (Fsp3) is 0.533. The van der Waals surface area contributed by atoms with E-state index < -0.39 is 5.60 Å². The molecule has 0 aliphatic carbocycles. The highest BCUT2D eigenvalue weighted by molar-refractivity contribution is 5.33. The molecule has 0 radical (unpaired) electrons. The van der Waals surface area contributed by atoms with E-state index in [0.29, 0.717) is 11.5 Å². The fourth-order valence-corrected chi connectivity index (χ4v) is 2.16. The highest BCUT2D eigenvalue weighted by Gasteiger charge is 2.25. The Bertz CT molecular complexity index is 382. The van der Waals surface area contributed by atoms with E-state index in [0.717, 1.165) is 24.8 Å². The lowest BCUT2D eigenvalue weighted by molar-refractivity contribution is 0.0286. The molecule has 0 aliphatic heterocycles. The van der Waals surface area contributed by atoms with Crippen molar-refractivity contribution >= 4 is 0 Å². The van der Waals surface area contributed by atoms with E-state index >= 15 is 0 Å². The van der Waals surface area contributed by atoms with Crippen LogP contribution in [0.2, 0.25) is 0 Å². The molecular weight excluding hydrogens is 210 g/mol. The molecule has 0 amide bonds. The van der Waals surface area contributed by atoms with Gasteiger partial charge in [-0.3, -0.25) is 0 Å². The van der Waals surface area contributed by atoms with Crippen molar-refractivity contribution in [3.63, 3.8) is 0 Å². The molecule has 17 heavy (non-hydrogen) atoms. The van der Waals surface area contributed by atoms with Crippen molar-refractivity contribution in [3.05, 3.63) is 35.4 Å². The standard InChI is InChI=1S/C15H21NO/c1-4-12(5-2)10-15(3,17)14-8-6-13(11-16)7-9-14/h6-9,12,17H,4-5,10H2,1-3H3. The van der Waals surface area contributed by atoms with Crippen LogP contribution in [-0.4, -0.2) is 5.11 Å². The zero-order chi connectivity index (χ0) is 12.9. The van der Waals surface area contributed by atoms with E-state index in [1.807, 2.05) is 19.1 Å². The average Bonchev–Trinajstić information content (AvgIpc) is 2.36. The summed E-state index contributed by atoms with van der Waals surface area (Å²) >= 11 is 0. The molecule has 1 aromatic rings. The molecule has 1 atom stereocenters. The van der Waals surface area contributed by atoms with Crippen LogP contribution in [0.5, 0.6) is 0 Å². The van der Waals surface area contributed by atoms with Crippen molar-refractivity contribution in [2.75, 3.05) is 0 Å². The third kappa shape index (κ3) is 3.57. The summed E-state index contributed by atoms with van der Waals surface area (Å²) in [6, 6.07) is 9.30. The molecule has 0 fully saturated rings. The summed E-state index contributed by atoms with van der Waals surface area (Å²) in [5.41, 5.74) is 0.723. The zero-order valence-corrected chi connectivity index (χ0v) is 10.9. The molecule has 0 aromatic heterocycles. The van der Waals surface area contributed by atoms with Crippen LogP contribution in [0.25, 0.3) is 0 Å². The van der Waals surface area contributed by atoms with Crippen LogP contribution in [0.3, 0.4) is 0 Å². The maximum absolute atomic E-state index is 10.5. The van der Waals surface area contributed by atoms with Crippen molar-refractivity contribution in [1.29, 1.82) is 5.26 Å². The van der Waals surface area contributed by atoms with Crippen LogP contribution >= 0.6 is 0 Å². The second-order valence-electron chi connectivity index (χ2n) is 4.85. The quantitative estimate of drug-likeness (QED) is 0.841. The minimum absolute atomic E-state index is 0.542. The molecule has 1 N–H and O–H groups in total. The SMILES string of the molecule is CCC(CC)CC(C)(O)c1ccc(C#N)cc1. The number of benzene rings is 1. The molecule has 0 aliphatic rings. The number of rotatable bonds is 5. The van der Waals surface area contributed by atoms with Gasteiger partial charge in [0.05, 0.1) is 17.2 Å². The highest BCUT2D eigenvalue weighted by Crippen LogP contribution is 2.30. The van der Waals surface area contributed by atoms with Crippen LogP contribution in [0.15, 0.2) is 24.3 Å². The predicted octanol–water partition coefficient (Wildman–Crippen LogP) is 3.59. The summed E-state index contributed by atoms with van der Waals surface area (Å²) in [5, 5.41) is 19.2. The van der Waals surface area contributed by atoms with E-state index in [9.17, 15) is 5.11 Å². The van der Waals surface area contributed by atoms with Gasteiger partial charge < -0.3 is 5.11 Å². The third-order valence-electron chi connectivity index (χ3n) is 3.48. The monoisotopic (exact) mass is 231 g/mol. The fourth-order valence-electron chi connectivity index (χ4n) is 2.16. The van der Waals surface area contributed by atoms with E-state index in [1.165, 1.54) is 0 Å². The molecule has 1 unspecified atom stereocenters. The van der Waals surface area contributed by atoms with Crippen molar-refractivity contribution in [3.8, 4) is 6.07 Å². The van der Waals surface area contributed by atoms with Gasteiger partial charge in [0.15, 0.2) is 0 Å². The van der Waals surface area contributed by atoms with Crippen molar-refractivity contribution in [2.45, 2.75) is 45.6 Å². The molecule has 0 saturated carbocycles. The zero-order valence-electron chi connectivity index (χ0n) is 10.9. The Morgan fingerprint density at radius 2 is 1.76 bits per heavy atom. The Labute approximate surface area is 104 Å². The van der Waals surface area contributed by atoms with Crippen LogP contribution in [0, 0.1) is 17.2 Å². The lowest BCUT2D eigenvalue weighted by Crippen LogP contribution is -2.24. The number of hydrogen-bond donors (Lipinski definition) is 1. The van der Waals surface area contributed by atoms with Gasteiger partial charge in [0.2, 0.25) is 0 Å². The number of hydrogen-bond acceptors (Lipinski definition) is 2. The van der Waals surface area contributed by atoms with Crippen molar-refractivity contribution < 1.29 is 5.11 Å². The van der Waals surface area contributed by atoms with Gasteiger partial charge in [0.1, 0.15) is 0 Å². The van der Waals surface area contributed by atoms with Gasteiger partial charge in [0.25, 0.3) is 0 Å². The molecule has 92 valence electrons. The molecular formula is C15H21NO. The summed E-state index contributed by atoms with van der Waals surface area (Å²) in [4.78, 5) is 0. The largest absolute Gasteiger partial charge is 0.385 e. The molecule has 0 bridgehead atoms. The van der Waals surface area contributed by atoms with Crippen molar-refractivity contribution in [1.82, 2.24) is 0 Å². The molecule has 2 heteroatoms. The number of aliphatic hydroxyl groups is 1. The first kappa shape index (κ1) is 13.7. The number of nitriles is 1. The summed E-state index contributed by atoms with van der Waals surface area (Å²) < 4.78 is 0. The van der Waals surface area contributed by atoms with Crippen LogP contribution < -0.4 is 0 Å². The summed E-state index contributed by atoms with van der Waals surface area (Å²) in [5.74, 6) is 0.542. The first-order valence-electron chi connectivity index (χ1n) is 6.26. The first-order chi connectivity index (χ1) is 8.03.